The maximum atomic E-state index is 5.06. The van der Waals surface area contributed by atoms with Crippen molar-refractivity contribution in [3.63, 3.8) is 0 Å². The molecule has 0 aliphatic heterocycles. The number of benzene rings is 1. The first-order valence-corrected chi connectivity index (χ1v) is 23.6. The van der Waals surface area contributed by atoms with Crippen LogP contribution in [0.1, 0.15) is 0 Å². The van der Waals surface area contributed by atoms with E-state index < -0.39 is 9.14 Å². The molecule has 0 saturated carbocycles. The Morgan fingerprint density at radius 1 is 0.867 bits per heavy atom. The zero-order chi connectivity index (χ0) is 12.4. The molecule has 0 atom stereocenters. The molecule has 0 radical (unpaired) electrons. The second-order valence-corrected chi connectivity index (χ2v) is 60.4. The van der Waals surface area contributed by atoms with Gasteiger partial charge in [-0.2, -0.15) is 0 Å². The third kappa shape index (κ3) is 22.0. The molecule has 90 valence electrons. The van der Waals surface area contributed by atoms with Gasteiger partial charge in [0.25, 0.3) is 0 Å². The average Bonchev–Trinajstić information content (AvgIpc) is 1.88. The van der Waals surface area contributed by atoms with E-state index in [1.807, 2.05) is 24.3 Å². The molecule has 0 heterocycles. The van der Waals surface area contributed by atoms with Gasteiger partial charge in [-0.1, -0.05) is 15.9 Å². The molecule has 0 amide bonds. The molecule has 0 spiro atoms. The summed E-state index contributed by atoms with van der Waals surface area (Å²) in [5, 5.41) is 0. The summed E-state index contributed by atoms with van der Waals surface area (Å²) in [7, 11) is 25.0. The summed E-state index contributed by atoms with van der Waals surface area (Å²) in [6.07, 6.45) is 0. The summed E-state index contributed by atoms with van der Waals surface area (Å²) in [4.78, 5) is 0. The summed E-state index contributed by atoms with van der Waals surface area (Å²) in [5.74, 6) is 0. The molecular weight excluding hydrogens is 500 g/mol. The van der Waals surface area contributed by atoms with Crippen molar-refractivity contribution in [2.45, 2.75) is 0 Å². The predicted octanol–water partition coefficient (Wildman–Crippen LogP) is 5.08. The number of halogens is 7. The van der Waals surface area contributed by atoms with Gasteiger partial charge in [0.2, 0.25) is 0 Å². The Morgan fingerprint density at radius 2 is 1.13 bits per heavy atom. The first kappa shape index (κ1) is 17.2. The van der Waals surface area contributed by atoms with Crippen LogP contribution in [-0.2, 0) is 0 Å². The van der Waals surface area contributed by atoms with E-state index in [1.54, 1.807) is 0 Å². The van der Waals surface area contributed by atoms with Gasteiger partial charge in [0, 0.05) is 4.47 Å². The van der Waals surface area contributed by atoms with Crippen LogP contribution in [0.25, 0.3) is 0 Å². The molecule has 0 aliphatic carbocycles. The van der Waals surface area contributed by atoms with Crippen LogP contribution in [0.15, 0.2) is 28.7 Å². The van der Waals surface area contributed by atoms with Crippen molar-refractivity contribution in [1.82, 2.24) is 0 Å². The maximum absolute atomic E-state index is 5.42. The summed E-state index contributed by atoms with van der Waals surface area (Å²) >= 11 is 3.32. The number of hydrogen-bond donors (Lipinski definition) is 1. The van der Waals surface area contributed by atoms with Gasteiger partial charge >= 0.3 is 62.1 Å². The largest absolute Gasteiger partial charge is 0.325 e. The van der Waals surface area contributed by atoms with E-state index >= 15 is 0 Å². The van der Waals surface area contributed by atoms with E-state index in [9.17, 15) is 0 Å². The van der Waals surface area contributed by atoms with Gasteiger partial charge in [-0.3, -0.25) is 0 Å². The van der Waals surface area contributed by atoms with E-state index in [2.05, 4.69) is 21.7 Å². The first-order valence-electron chi connectivity index (χ1n) is 3.38. The van der Waals surface area contributed by atoms with Gasteiger partial charge in [0.15, 0.2) is 0 Å². The van der Waals surface area contributed by atoms with Gasteiger partial charge in [-0.15, -0.1) is 0 Å². The van der Waals surface area contributed by atoms with Crippen LogP contribution in [0.3, 0.4) is 0 Å². The smallest absolute Gasteiger partial charge is 0.127 e. The standard InChI is InChI=1S/C6H6BrN.6ClH.Sb/c7-5-1-3-6(8)4-2-5;;;;;;;/h1-4H,8H2;6*1H;/q;;;;;;;+5/p-5. The molecule has 0 unspecified atom stereocenters. The van der Waals surface area contributed by atoms with Crippen molar-refractivity contribution >= 4 is 83.7 Å². The number of quaternary nitrogens is 1. The van der Waals surface area contributed by atoms with Crippen LogP contribution in [-0.4, -0.2) is 9.14 Å². The van der Waals surface area contributed by atoms with Crippen molar-refractivity contribution in [1.29, 1.82) is 0 Å². The Kier molecular flexibility index (Phi) is 5.82. The Bertz CT molecular complexity index is 297. The molecular formula is C6H7BrCl6NSb. The van der Waals surface area contributed by atoms with Crippen LogP contribution in [0.4, 0.5) is 5.69 Å². The quantitative estimate of drug-likeness (QED) is 0.475. The van der Waals surface area contributed by atoms with Crippen molar-refractivity contribution in [3.05, 3.63) is 28.7 Å². The molecule has 0 fully saturated rings. The van der Waals surface area contributed by atoms with Gasteiger partial charge in [-0.25, -0.2) is 0 Å². The average molecular weight is 508 g/mol. The molecule has 15 heavy (non-hydrogen) atoms. The molecule has 0 bridgehead atoms. The minimum atomic E-state index is -5.42. The molecule has 1 aromatic carbocycles. The molecule has 1 rings (SSSR count). The van der Waals surface area contributed by atoms with Gasteiger partial charge in [-0.05, 0) is 24.3 Å². The number of hydrogen-bond acceptors (Lipinski definition) is 0. The fourth-order valence-electron chi connectivity index (χ4n) is 0.484. The second-order valence-electron chi connectivity index (χ2n) is 2.58. The minimum absolute atomic E-state index is 1.05. The van der Waals surface area contributed by atoms with Crippen LogP contribution in [0, 0.1) is 0 Å². The zero-order valence-corrected chi connectivity index (χ0v) is 15.8. The third-order valence-corrected chi connectivity index (χ3v) is 1.44. The van der Waals surface area contributed by atoms with E-state index in [0.29, 0.717) is 0 Å². The normalized spacial score (nSPS) is 15.7. The van der Waals surface area contributed by atoms with Gasteiger partial charge in [0.05, 0.1) is 0 Å². The Morgan fingerprint density at radius 3 is 1.33 bits per heavy atom. The summed E-state index contributed by atoms with van der Waals surface area (Å²) < 4.78 is 1.10. The first-order chi connectivity index (χ1) is 6.24. The Labute approximate surface area is 116 Å². The number of rotatable bonds is 0. The van der Waals surface area contributed by atoms with Gasteiger partial charge < -0.3 is 5.73 Å². The van der Waals surface area contributed by atoms with E-state index in [4.69, 9.17) is 53.0 Å². The maximum Gasteiger partial charge on any atom is 0.127 e. The summed E-state index contributed by atoms with van der Waals surface area (Å²) in [6.45, 7) is 0. The molecule has 0 aliphatic rings. The van der Waals surface area contributed by atoms with Crippen molar-refractivity contribution in [3.8, 4) is 0 Å². The Balaban J connectivity index is 0.000000265. The minimum Gasteiger partial charge on any atom is -0.325 e. The van der Waals surface area contributed by atoms with Crippen molar-refractivity contribution in [2.75, 3.05) is 0 Å². The van der Waals surface area contributed by atoms with E-state index in [0.717, 1.165) is 10.2 Å². The monoisotopic (exact) mass is 503 g/mol. The molecule has 0 aromatic heterocycles. The van der Waals surface area contributed by atoms with Crippen LogP contribution in [0.2, 0.25) is 0 Å². The topological polar surface area (TPSA) is 27.6 Å². The van der Waals surface area contributed by atoms with Crippen LogP contribution < -0.4 is 5.73 Å². The zero-order valence-electron chi connectivity index (χ0n) is 7.11. The molecule has 3 N–H and O–H groups in total. The molecule has 1 aromatic rings. The fourth-order valence-corrected chi connectivity index (χ4v) is 0.749. The molecule has 9 heteroatoms. The predicted molar refractivity (Wildman–Crippen MR) is 77.6 cm³/mol. The fraction of sp³-hybridized carbons (Fsp3) is 0. The molecule has 0 saturated heterocycles. The van der Waals surface area contributed by atoms with E-state index in [1.165, 1.54) is 0 Å². The SMILES string of the molecule is [Cl][Sb-]([Cl])([Cl])([Cl])([Cl])[Cl].[NH3+]c1ccc(Br)cc1. The van der Waals surface area contributed by atoms with Crippen molar-refractivity contribution < 1.29 is 5.73 Å². The van der Waals surface area contributed by atoms with Crippen LogP contribution in [0.5, 0.6) is 0 Å². The summed E-state index contributed by atoms with van der Waals surface area (Å²) in [5.41, 5.74) is 4.79. The Hall–Kier alpha value is 2.22. The summed E-state index contributed by atoms with van der Waals surface area (Å²) in [6, 6.07) is 7.87. The van der Waals surface area contributed by atoms with E-state index in [-0.39, 0.29) is 0 Å². The molecule has 1 nitrogen and oxygen atoms in total. The second kappa shape index (κ2) is 5.07. The van der Waals surface area contributed by atoms with Gasteiger partial charge in [0.1, 0.15) is 5.69 Å². The van der Waals surface area contributed by atoms with Crippen LogP contribution >= 0.6 is 68.9 Å². The van der Waals surface area contributed by atoms with Crippen molar-refractivity contribution in [2.24, 2.45) is 0 Å². The third-order valence-electron chi connectivity index (χ3n) is 0.913.